The van der Waals surface area contributed by atoms with Gasteiger partial charge in [0.05, 0.1) is 17.4 Å². The van der Waals surface area contributed by atoms with E-state index >= 15 is 0 Å². The zero-order chi connectivity index (χ0) is 16.2. The van der Waals surface area contributed by atoms with E-state index in [4.69, 9.17) is 11.6 Å². The summed E-state index contributed by atoms with van der Waals surface area (Å²) in [6.45, 7) is 0.253. The van der Waals surface area contributed by atoms with Crippen molar-refractivity contribution >= 4 is 40.1 Å². The third-order valence-electron chi connectivity index (χ3n) is 3.25. The lowest BCUT2D eigenvalue weighted by atomic mass is 10.2. The molecule has 7 heteroatoms. The number of H-pyrrole nitrogens is 1. The van der Waals surface area contributed by atoms with E-state index in [1.807, 2.05) is 0 Å². The third kappa shape index (κ3) is 3.67. The number of benzene rings is 2. The molecule has 23 heavy (non-hydrogen) atoms. The minimum Gasteiger partial charge on any atom is -0.345 e. The van der Waals surface area contributed by atoms with Crippen LogP contribution < -0.4 is 10.6 Å². The molecule has 2 amide bonds. The van der Waals surface area contributed by atoms with Crippen molar-refractivity contribution in [1.82, 2.24) is 15.3 Å². The second-order valence-electron chi connectivity index (χ2n) is 4.90. The SMILES string of the molecule is O=C(NCc1ccc(Cl)cc1)C(=O)Nc1ccc2nc[nH]c2c1. The number of hydrogen-bond acceptors (Lipinski definition) is 3. The minimum atomic E-state index is -0.724. The smallest absolute Gasteiger partial charge is 0.313 e. The molecular weight excluding hydrogens is 316 g/mol. The number of fused-ring (bicyclic) bond motifs is 1. The first-order chi connectivity index (χ1) is 11.1. The molecule has 6 nitrogen and oxygen atoms in total. The summed E-state index contributed by atoms with van der Waals surface area (Å²) in [6.07, 6.45) is 1.56. The highest BCUT2D eigenvalue weighted by Crippen LogP contribution is 2.15. The number of aromatic nitrogens is 2. The van der Waals surface area contributed by atoms with Crippen LogP contribution in [0.2, 0.25) is 5.02 Å². The zero-order valence-electron chi connectivity index (χ0n) is 12.0. The van der Waals surface area contributed by atoms with Crippen LogP contribution in [0.25, 0.3) is 11.0 Å². The van der Waals surface area contributed by atoms with Gasteiger partial charge in [-0.2, -0.15) is 0 Å². The van der Waals surface area contributed by atoms with Crippen molar-refractivity contribution in [2.75, 3.05) is 5.32 Å². The van der Waals surface area contributed by atoms with Crippen LogP contribution in [-0.2, 0) is 16.1 Å². The van der Waals surface area contributed by atoms with E-state index in [1.54, 1.807) is 48.8 Å². The lowest BCUT2D eigenvalue weighted by Crippen LogP contribution is -2.34. The van der Waals surface area contributed by atoms with Gasteiger partial charge in [0.1, 0.15) is 0 Å². The number of halogens is 1. The number of hydrogen-bond donors (Lipinski definition) is 3. The molecule has 3 aromatic rings. The highest BCUT2D eigenvalue weighted by atomic mass is 35.5. The number of nitrogens with zero attached hydrogens (tertiary/aromatic N) is 1. The van der Waals surface area contributed by atoms with Crippen molar-refractivity contribution in [2.45, 2.75) is 6.54 Å². The minimum absolute atomic E-state index is 0.253. The van der Waals surface area contributed by atoms with Crippen LogP contribution in [0.5, 0.6) is 0 Å². The molecular formula is C16H13ClN4O2. The standard InChI is InChI=1S/C16H13ClN4O2/c17-11-3-1-10(2-4-11)8-18-15(22)16(23)21-12-5-6-13-14(7-12)20-9-19-13/h1-7,9H,8H2,(H,18,22)(H,19,20)(H,21,23). The number of carbonyl (C=O) groups is 2. The molecule has 2 aromatic carbocycles. The molecule has 0 aliphatic carbocycles. The Kier molecular flexibility index (Phi) is 4.25. The molecule has 3 rings (SSSR count). The number of imidazole rings is 1. The lowest BCUT2D eigenvalue weighted by molar-refractivity contribution is -0.136. The summed E-state index contributed by atoms with van der Waals surface area (Å²) in [5.74, 6) is -1.43. The van der Waals surface area contributed by atoms with Crippen LogP contribution in [0.3, 0.4) is 0 Å². The predicted molar refractivity (Wildman–Crippen MR) is 88.0 cm³/mol. The van der Waals surface area contributed by atoms with Crippen LogP contribution in [0, 0.1) is 0 Å². The fraction of sp³-hybridized carbons (Fsp3) is 0.0625. The molecule has 0 spiro atoms. The fourth-order valence-electron chi connectivity index (χ4n) is 2.07. The second-order valence-corrected chi connectivity index (χ2v) is 5.33. The van der Waals surface area contributed by atoms with E-state index in [2.05, 4.69) is 20.6 Å². The van der Waals surface area contributed by atoms with Crippen molar-refractivity contribution in [2.24, 2.45) is 0 Å². The van der Waals surface area contributed by atoms with Gasteiger partial charge >= 0.3 is 11.8 Å². The number of anilines is 1. The molecule has 0 radical (unpaired) electrons. The number of carbonyl (C=O) groups excluding carboxylic acids is 2. The van der Waals surface area contributed by atoms with Gasteiger partial charge in [-0.3, -0.25) is 9.59 Å². The number of aromatic amines is 1. The summed E-state index contributed by atoms with van der Waals surface area (Å²) in [5, 5.41) is 5.72. The zero-order valence-corrected chi connectivity index (χ0v) is 12.7. The summed E-state index contributed by atoms with van der Waals surface area (Å²) in [4.78, 5) is 30.8. The molecule has 0 aliphatic heterocycles. The first kappa shape index (κ1) is 15.1. The molecule has 1 aromatic heterocycles. The van der Waals surface area contributed by atoms with E-state index < -0.39 is 11.8 Å². The van der Waals surface area contributed by atoms with Gasteiger partial charge in [0.25, 0.3) is 0 Å². The van der Waals surface area contributed by atoms with Crippen LogP contribution in [0.4, 0.5) is 5.69 Å². The number of nitrogens with one attached hydrogen (secondary N) is 3. The van der Waals surface area contributed by atoms with Crippen molar-refractivity contribution in [3.05, 3.63) is 59.4 Å². The van der Waals surface area contributed by atoms with E-state index in [9.17, 15) is 9.59 Å². The Morgan fingerprint density at radius 1 is 1.09 bits per heavy atom. The molecule has 0 aliphatic rings. The van der Waals surface area contributed by atoms with E-state index in [1.165, 1.54) is 0 Å². The highest BCUT2D eigenvalue weighted by Gasteiger charge is 2.13. The summed E-state index contributed by atoms with van der Waals surface area (Å²) in [6, 6.07) is 12.2. The Morgan fingerprint density at radius 3 is 2.65 bits per heavy atom. The average molecular weight is 329 g/mol. The molecule has 0 saturated heterocycles. The highest BCUT2D eigenvalue weighted by molar-refractivity contribution is 6.39. The van der Waals surface area contributed by atoms with Gasteiger partial charge in [0, 0.05) is 17.3 Å². The number of rotatable bonds is 3. The van der Waals surface area contributed by atoms with Gasteiger partial charge in [-0.05, 0) is 35.9 Å². The molecule has 0 saturated carbocycles. The monoisotopic (exact) mass is 328 g/mol. The Balaban J connectivity index is 1.58. The molecule has 0 fully saturated rings. The topological polar surface area (TPSA) is 86.9 Å². The predicted octanol–water partition coefficient (Wildman–Crippen LogP) is 2.47. The van der Waals surface area contributed by atoms with Gasteiger partial charge in [-0.15, -0.1) is 0 Å². The molecule has 0 bridgehead atoms. The van der Waals surface area contributed by atoms with Gasteiger partial charge in [-0.1, -0.05) is 23.7 Å². The third-order valence-corrected chi connectivity index (χ3v) is 3.50. The van der Waals surface area contributed by atoms with E-state index in [0.717, 1.165) is 16.6 Å². The average Bonchev–Trinajstić information content (AvgIpc) is 3.01. The molecule has 0 unspecified atom stereocenters. The summed E-state index contributed by atoms with van der Waals surface area (Å²) in [7, 11) is 0. The van der Waals surface area contributed by atoms with Crippen molar-refractivity contribution in [1.29, 1.82) is 0 Å². The van der Waals surface area contributed by atoms with Crippen LogP contribution in [0.15, 0.2) is 48.8 Å². The fourth-order valence-corrected chi connectivity index (χ4v) is 2.19. The Morgan fingerprint density at radius 2 is 1.87 bits per heavy atom. The maximum atomic E-state index is 11.9. The molecule has 116 valence electrons. The molecule has 1 heterocycles. The van der Waals surface area contributed by atoms with Gasteiger partial charge in [0.2, 0.25) is 0 Å². The summed E-state index contributed by atoms with van der Waals surface area (Å²) < 4.78 is 0. The van der Waals surface area contributed by atoms with Gasteiger partial charge < -0.3 is 15.6 Å². The van der Waals surface area contributed by atoms with Crippen LogP contribution in [-0.4, -0.2) is 21.8 Å². The van der Waals surface area contributed by atoms with Crippen molar-refractivity contribution < 1.29 is 9.59 Å². The van der Waals surface area contributed by atoms with Crippen molar-refractivity contribution in [3.8, 4) is 0 Å². The van der Waals surface area contributed by atoms with Crippen LogP contribution in [0.1, 0.15) is 5.56 Å². The lowest BCUT2D eigenvalue weighted by Gasteiger charge is -2.07. The maximum absolute atomic E-state index is 11.9. The quantitative estimate of drug-likeness (QED) is 0.645. The van der Waals surface area contributed by atoms with Crippen molar-refractivity contribution in [3.63, 3.8) is 0 Å². The Hall–Kier alpha value is -2.86. The normalized spacial score (nSPS) is 10.5. The first-order valence-electron chi connectivity index (χ1n) is 6.88. The van der Waals surface area contributed by atoms with Gasteiger partial charge in [-0.25, -0.2) is 4.98 Å². The Bertz CT molecular complexity index is 858. The number of amides is 2. The second kappa shape index (κ2) is 6.50. The van der Waals surface area contributed by atoms with Gasteiger partial charge in [0.15, 0.2) is 0 Å². The Labute approximate surface area is 136 Å². The summed E-state index contributed by atoms with van der Waals surface area (Å²) >= 11 is 5.79. The largest absolute Gasteiger partial charge is 0.345 e. The summed E-state index contributed by atoms with van der Waals surface area (Å²) in [5.41, 5.74) is 2.95. The van der Waals surface area contributed by atoms with Crippen LogP contribution >= 0.6 is 11.6 Å². The molecule has 0 atom stereocenters. The maximum Gasteiger partial charge on any atom is 0.313 e. The van der Waals surface area contributed by atoms with E-state index in [0.29, 0.717) is 10.7 Å². The first-order valence-corrected chi connectivity index (χ1v) is 7.26. The van der Waals surface area contributed by atoms with E-state index in [-0.39, 0.29) is 6.54 Å². The molecule has 3 N–H and O–H groups in total.